The molecule has 0 saturated carbocycles. The number of thiophene rings is 1. The molecule has 0 unspecified atom stereocenters. The number of aromatic nitrogens is 2. The molecule has 0 spiro atoms. The van der Waals surface area contributed by atoms with Gasteiger partial charge in [0, 0.05) is 24.8 Å². The minimum Gasteiger partial charge on any atom is -0.347 e. The average Bonchev–Trinajstić information content (AvgIpc) is 2.80. The van der Waals surface area contributed by atoms with Crippen molar-refractivity contribution in [3.8, 4) is 0 Å². The standard InChI is InChI=1S/C13H16BrN3OS/c1-7-5-11(19-12(7)14)13(18)15-6-10-8(2)16-17(4)9(10)3/h5H,6H2,1-4H3,(H,15,18). The summed E-state index contributed by atoms with van der Waals surface area (Å²) in [6.45, 7) is 6.46. The molecule has 1 amide bonds. The maximum Gasteiger partial charge on any atom is 0.261 e. The van der Waals surface area contributed by atoms with E-state index in [1.807, 2.05) is 38.6 Å². The van der Waals surface area contributed by atoms with Crippen molar-refractivity contribution in [1.82, 2.24) is 15.1 Å². The van der Waals surface area contributed by atoms with Gasteiger partial charge in [0.25, 0.3) is 5.91 Å². The zero-order chi connectivity index (χ0) is 14.2. The lowest BCUT2D eigenvalue weighted by atomic mass is 10.2. The van der Waals surface area contributed by atoms with Gasteiger partial charge < -0.3 is 5.32 Å². The van der Waals surface area contributed by atoms with Gasteiger partial charge in [0.1, 0.15) is 0 Å². The zero-order valence-electron chi connectivity index (χ0n) is 11.4. The molecule has 2 aromatic rings. The Kier molecular flexibility index (Phi) is 4.10. The van der Waals surface area contributed by atoms with E-state index >= 15 is 0 Å². The normalized spacial score (nSPS) is 10.8. The molecule has 1 N–H and O–H groups in total. The first-order chi connectivity index (χ1) is 8.90. The summed E-state index contributed by atoms with van der Waals surface area (Å²) in [5.41, 5.74) is 4.22. The van der Waals surface area contributed by atoms with Crippen LogP contribution in [-0.2, 0) is 13.6 Å². The van der Waals surface area contributed by atoms with Crippen LogP contribution in [0.25, 0.3) is 0 Å². The smallest absolute Gasteiger partial charge is 0.261 e. The highest BCUT2D eigenvalue weighted by Crippen LogP contribution is 2.27. The molecule has 102 valence electrons. The molecule has 0 aliphatic heterocycles. The first kappa shape index (κ1) is 14.3. The van der Waals surface area contributed by atoms with Gasteiger partial charge in [-0.2, -0.15) is 5.10 Å². The summed E-state index contributed by atoms with van der Waals surface area (Å²) >= 11 is 4.89. The van der Waals surface area contributed by atoms with Crippen LogP contribution in [-0.4, -0.2) is 15.7 Å². The molecular formula is C13H16BrN3OS. The lowest BCUT2D eigenvalue weighted by Gasteiger charge is -2.04. The Bertz CT molecular complexity index is 611. The van der Waals surface area contributed by atoms with Crippen LogP contribution in [0.15, 0.2) is 9.85 Å². The van der Waals surface area contributed by atoms with E-state index in [9.17, 15) is 4.79 Å². The molecule has 0 radical (unpaired) electrons. The molecule has 4 nitrogen and oxygen atoms in total. The van der Waals surface area contributed by atoms with Crippen LogP contribution >= 0.6 is 27.3 Å². The van der Waals surface area contributed by atoms with Crippen molar-refractivity contribution in [3.05, 3.63) is 37.2 Å². The van der Waals surface area contributed by atoms with E-state index in [4.69, 9.17) is 0 Å². The molecule has 2 rings (SSSR count). The van der Waals surface area contributed by atoms with Gasteiger partial charge in [-0.15, -0.1) is 11.3 Å². The lowest BCUT2D eigenvalue weighted by molar-refractivity contribution is 0.0955. The summed E-state index contributed by atoms with van der Waals surface area (Å²) in [5, 5.41) is 7.29. The van der Waals surface area contributed by atoms with Gasteiger partial charge in [-0.1, -0.05) is 0 Å². The fraction of sp³-hybridized carbons (Fsp3) is 0.385. The molecule has 0 saturated heterocycles. The van der Waals surface area contributed by atoms with E-state index in [0.29, 0.717) is 6.54 Å². The van der Waals surface area contributed by atoms with Crippen LogP contribution in [0.5, 0.6) is 0 Å². The lowest BCUT2D eigenvalue weighted by Crippen LogP contribution is -2.22. The highest BCUT2D eigenvalue weighted by molar-refractivity contribution is 9.11. The monoisotopic (exact) mass is 341 g/mol. The van der Waals surface area contributed by atoms with E-state index in [0.717, 1.165) is 31.2 Å². The number of carbonyl (C=O) groups is 1. The highest BCUT2D eigenvalue weighted by Gasteiger charge is 2.14. The van der Waals surface area contributed by atoms with Crippen LogP contribution in [0.3, 0.4) is 0 Å². The zero-order valence-corrected chi connectivity index (χ0v) is 13.8. The van der Waals surface area contributed by atoms with Crippen LogP contribution in [0.1, 0.15) is 32.2 Å². The number of aryl methyl sites for hydroxylation is 3. The molecule has 2 aromatic heterocycles. The number of amides is 1. The van der Waals surface area contributed by atoms with Gasteiger partial charge in [0.15, 0.2) is 0 Å². The van der Waals surface area contributed by atoms with Crippen molar-refractivity contribution in [3.63, 3.8) is 0 Å². The number of hydrogen-bond acceptors (Lipinski definition) is 3. The van der Waals surface area contributed by atoms with Gasteiger partial charge in [0.2, 0.25) is 0 Å². The number of nitrogens with zero attached hydrogens (tertiary/aromatic N) is 2. The molecular weight excluding hydrogens is 326 g/mol. The van der Waals surface area contributed by atoms with E-state index in [1.54, 1.807) is 0 Å². The second-order valence-corrected chi connectivity index (χ2v) is 6.89. The fourth-order valence-electron chi connectivity index (χ4n) is 1.90. The topological polar surface area (TPSA) is 46.9 Å². The van der Waals surface area contributed by atoms with Crippen molar-refractivity contribution in [2.75, 3.05) is 0 Å². The van der Waals surface area contributed by atoms with Crippen LogP contribution in [0.2, 0.25) is 0 Å². The van der Waals surface area contributed by atoms with Crippen LogP contribution in [0, 0.1) is 20.8 Å². The van der Waals surface area contributed by atoms with Gasteiger partial charge in [-0.05, 0) is 48.3 Å². The average molecular weight is 342 g/mol. The first-order valence-corrected chi connectivity index (χ1v) is 7.54. The second-order valence-electron chi connectivity index (χ2n) is 4.52. The molecule has 0 bridgehead atoms. The van der Waals surface area contributed by atoms with Crippen molar-refractivity contribution in [1.29, 1.82) is 0 Å². The molecule has 19 heavy (non-hydrogen) atoms. The molecule has 6 heteroatoms. The molecule has 0 atom stereocenters. The number of rotatable bonds is 3. The Morgan fingerprint density at radius 3 is 2.63 bits per heavy atom. The Balaban J connectivity index is 2.08. The molecule has 0 fully saturated rings. The van der Waals surface area contributed by atoms with Gasteiger partial charge in [-0.3, -0.25) is 9.48 Å². The van der Waals surface area contributed by atoms with E-state index < -0.39 is 0 Å². The summed E-state index contributed by atoms with van der Waals surface area (Å²) in [7, 11) is 1.91. The van der Waals surface area contributed by atoms with E-state index in [2.05, 4.69) is 26.3 Å². The van der Waals surface area contributed by atoms with Crippen molar-refractivity contribution < 1.29 is 4.79 Å². The van der Waals surface area contributed by atoms with Crippen molar-refractivity contribution in [2.24, 2.45) is 7.05 Å². The number of hydrogen-bond donors (Lipinski definition) is 1. The summed E-state index contributed by atoms with van der Waals surface area (Å²) < 4.78 is 2.84. The summed E-state index contributed by atoms with van der Waals surface area (Å²) in [6.07, 6.45) is 0. The van der Waals surface area contributed by atoms with Gasteiger partial charge in [-0.25, -0.2) is 0 Å². The molecule has 2 heterocycles. The van der Waals surface area contributed by atoms with E-state index in [-0.39, 0.29) is 5.91 Å². The summed E-state index contributed by atoms with van der Waals surface area (Å²) in [5.74, 6) is -0.0403. The molecule has 0 aliphatic carbocycles. The maximum absolute atomic E-state index is 12.1. The van der Waals surface area contributed by atoms with Crippen molar-refractivity contribution in [2.45, 2.75) is 27.3 Å². The minimum absolute atomic E-state index is 0.0403. The Morgan fingerprint density at radius 1 is 1.47 bits per heavy atom. The number of nitrogens with one attached hydrogen (secondary N) is 1. The Hall–Kier alpha value is -1.14. The van der Waals surface area contributed by atoms with Crippen molar-refractivity contribution >= 4 is 33.2 Å². The largest absolute Gasteiger partial charge is 0.347 e. The molecule has 0 aromatic carbocycles. The number of carbonyl (C=O) groups excluding carboxylic acids is 1. The van der Waals surface area contributed by atoms with Gasteiger partial charge in [0.05, 0.1) is 14.4 Å². The quantitative estimate of drug-likeness (QED) is 0.932. The fourth-order valence-corrected chi connectivity index (χ4v) is 3.35. The third-order valence-corrected chi connectivity index (χ3v) is 5.30. The highest BCUT2D eigenvalue weighted by atomic mass is 79.9. The maximum atomic E-state index is 12.1. The predicted octanol–water partition coefficient (Wildman–Crippen LogP) is 3.10. The first-order valence-electron chi connectivity index (χ1n) is 5.93. The third-order valence-electron chi connectivity index (χ3n) is 3.17. The van der Waals surface area contributed by atoms with Gasteiger partial charge >= 0.3 is 0 Å². The van der Waals surface area contributed by atoms with Crippen LogP contribution in [0.4, 0.5) is 0 Å². The SMILES string of the molecule is Cc1cc(C(=O)NCc2c(C)nn(C)c2C)sc1Br. The van der Waals surface area contributed by atoms with Crippen LogP contribution < -0.4 is 5.32 Å². The summed E-state index contributed by atoms with van der Waals surface area (Å²) in [4.78, 5) is 12.8. The molecule has 0 aliphatic rings. The van der Waals surface area contributed by atoms with E-state index in [1.165, 1.54) is 11.3 Å². The second kappa shape index (κ2) is 5.46. The third kappa shape index (κ3) is 2.90. The summed E-state index contributed by atoms with van der Waals surface area (Å²) in [6, 6.07) is 1.90. The minimum atomic E-state index is -0.0403. The Morgan fingerprint density at radius 2 is 2.16 bits per heavy atom. The predicted molar refractivity (Wildman–Crippen MR) is 80.6 cm³/mol. The number of halogens is 1. The Labute approximate surface area is 125 Å².